The summed E-state index contributed by atoms with van der Waals surface area (Å²) in [5.41, 5.74) is 2.48. The van der Waals surface area contributed by atoms with Gasteiger partial charge in [-0.15, -0.1) is 0 Å². The van der Waals surface area contributed by atoms with Crippen molar-refractivity contribution in [1.29, 1.82) is 0 Å². The second-order valence-electron chi connectivity index (χ2n) is 7.55. The molecule has 0 atom stereocenters. The highest BCUT2D eigenvalue weighted by Crippen LogP contribution is 2.23. The molecule has 1 fully saturated rings. The molecule has 0 saturated carbocycles. The minimum absolute atomic E-state index is 0.0152. The van der Waals surface area contributed by atoms with Crippen LogP contribution in [0.2, 0.25) is 0 Å². The molecule has 0 aliphatic carbocycles. The van der Waals surface area contributed by atoms with Crippen LogP contribution >= 0.6 is 0 Å². The van der Waals surface area contributed by atoms with Gasteiger partial charge < -0.3 is 10.2 Å². The molecule has 3 rings (SSSR count). The lowest BCUT2D eigenvalue weighted by Crippen LogP contribution is -2.38. The number of likely N-dealkylation sites (tertiary alicyclic amines) is 1. The van der Waals surface area contributed by atoms with Gasteiger partial charge in [-0.3, -0.25) is 14.5 Å². The Labute approximate surface area is 173 Å². The van der Waals surface area contributed by atoms with E-state index in [4.69, 9.17) is 0 Å². The Hall–Kier alpha value is -2.66. The predicted octanol–water partition coefficient (Wildman–Crippen LogP) is 4.02. The van der Waals surface area contributed by atoms with Crippen molar-refractivity contribution in [2.24, 2.45) is 5.92 Å². The molecule has 0 bridgehead atoms. The monoisotopic (exact) mass is 393 g/mol. The average molecular weight is 394 g/mol. The normalized spacial score (nSPS) is 15.1. The zero-order valence-corrected chi connectivity index (χ0v) is 17.4. The van der Waals surface area contributed by atoms with Gasteiger partial charge in [0.15, 0.2) is 0 Å². The van der Waals surface area contributed by atoms with Crippen LogP contribution in [0.15, 0.2) is 54.6 Å². The number of carbonyl (C=O) groups is 2. The minimum atomic E-state index is -0.0384. The summed E-state index contributed by atoms with van der Waals surface area (Å²) in [5.74, 6) is -0.0358. The van der Waals surface area contributed by atoms with Gasteiger partial charge in [-0.05, 0) is 57.5 Å². The van der Waals surface area contributed by atoms with E-state index in [1.165, 1.54) is 5.56 Å². The van der Waals surface area contributed by atoms with Crippen molar-refractivity contribution in [1.82, 2.24) is 9.80 Å². The molecular weight excluding hydrogens is 362 g/mol. The van der Waals surface area contributed by atoms with Crippen molar-refractivity contribution in [3.63, 3.8) is 0 Å². The molecule has 0 unspecified atom stereocenters. The number of piperidine rings is 1. The van der Waals surface area contributed by atoms with Crippen LogP contribution in [0.1, 0.15) is 42.6 Å². The Morgan fingerprint density at radius 2 is 1.59 bits per heavy atom. The van der Waals surface area contributed by atoms with E-state index in [9.17, 15) is 9.59 Å². The summed E-state index contributed by atoms with van der Waals surface area (Å²) in [4.78, 5) is 29.8. The van der Waals surface area contributed by atoms with E-state index < -0.39 is 0 Å². The summed E-state index contributed by atoms with van der Waals surface area (Å²) in [6, 6.07) is 17.7. The standard InChI is InChI=1S/C24H31N3O2/c1-3-27(4-2)24(29)21-12-8-9-13-22(21)25-23(28)20-14-16-26(17-15-20)18-19-10-6-5-7-11-19/h5-13,20H,3-4,14-18H2,1-2H3,(H,25,28). The molecule has 0 aromatic heterocycles. The van der Waals surface area contributed by atoms with Gasteiger partial charge >= 0.3 is 0 Å². The van der Waals surface area contributed by atoms with Crippen molar-refractivity contribution in [3.05, 3.63) is 65.7 Å². The molecule has 5 heteroatoms. The maximum atomic E-state index is 12.9. The maximum Gasteiger partial charge on any atom is 0.255 e. The van der Waals surface area contributed by atoms with E-state index in [1.54, 1.807) is 11.0 Å². The van der Waals surface area contributed by atoms with Gasteiger partial charge in [0.25, 0.3) is 5.91 Å². The Morgan fingerprint density at radius 1 is 0.966 bits per heavy atom. The lowest BCUT2D eigenvalue weighted by Gasteiger charge is -2.31. The van der Waals surface area contributed by atoms with E-state index in [-0.39, 0.29) is 17.7 Å². The average Bonchev–Trinajstić information content (AvgIpc) is 2.76. The molecule has 1 saturated heterocycles. The number of hydrogen-bond donors (Lipinski definition) is 1. The molecule has 2 aromatic carbocycles. The van der Waals surface area contributed by atoms with E-state index in [0.29, 0.717) is 24.3 Å². The topological polar surface area (TPSA) is 52.7 Å². The number of anilines is 1. The third kappa shape index (κ3) is 5.45. The van der Waals surface area contributed by atoms with Crippen molar-refractivity contribution in [2.45, 2.75) is 33.2 Å². The quantitative estimate of drug-likeness (QED) is 0.773. The SMILES string of the molecule is CCN(CC)C(=O)c1ccccc1NC(=O)C1CCN(Cc2ccccc2)CC1. The Bertz CT molecular complexity index is 810. The van der Waals surface area contributed by atoms with Gasteiger partial charge in [0.05, 0.1) is 11.3 Å². The van der Waals surface area contributed by atoms with E-state index in [2.05, 4.69) is 34.5 Å². The summed E-state index contributed by atoms with van der Waals surface area (Å²) in [7, 11) is 0. The number of nitrogens with one attached hydrogen (secondary N) is 1. The number of rotatable bonds is 7. The number of nitrogens with zero attached hydrogens (tertiary/aromatic N) is 2. The highest BCUT2D eigenvalue weighted by atomic mass is 16.2. The van der Waals surface area contributed by atoms with Gasteiger partial charge in [0, 0.05) is 25.6 Å². The first kappa shape index (κ1) is 21.1. The van der Waals surface area contributed by atoms with Gasteiger partial charge in [-0.2, -0.15) is 0 Å². The van der Waals surface area contributed by atoms with E-state index in [0.717, 1.165) is 32.5 Å². The number of para-hydroxylation sites is 1. The summed E-state index contributed by atoms with van der Waals surface area (Å²) < 4.78 is 0. The summed E-state index contributed by atoms with van der Waals surface area (Å²) in [6.07, 6.45) is 1.68. The zero-order valence-electron chi connectivity index (χ0n) is 17.4. The first-order valence-electron chi connectivity index (χ1n) is 10.6. The molecule has 2 aromatic rings. The largest absolute Gasteiger partial charge is 0.339 e. The van der Waals surface area contributed by atoms with Gasteiger partial charge in [0.1, 0.15) is 0 Å². The van der Waals surface area contributed by atoms with Crippen LogP contribution < -0.4 is 5.32 Å². The van der Waals surface area contributed by atoms with Gasteiger partial charge in [0.2, 0.25) is 5.91 Å². The highest BCUT2D eigenvalue weighted by Gasteiger charge is 2.26. The molecule has 0 radical (unpaired) electrons. The zero-order chi connectivity index (χ0) is 20.6. The second-order valence-corrected chi connectivity index (χ2v) is 7.55. The van der Waals surface area contributed by atoms with Crippen LogP contribution in [0.4, 0.5) is 5.69 Å². The smallest absolute Gasteiger partial charge is 0.255 e. The fourth-order valence-electron chi connectivity index (χ4n) is 3.89. The lowest BCUT2D eigenvalue weighted by molar-refractivity contribution is -0.121. The van der Waals surface area contributed by atoms with Crippen LogP contribution in [-0.4, -0.2) is 47.8 Å². The Morgan fingerprint density at radius 3 is 2.24 bits per heavy atom. The molecule has 154 valence electrons. The van der Waals surface area contributed by atoms with Gasteiger partial charge in [-0.1, -0.05) is 42.5 Å². The molecule has 1 N–H and O–H groups in total. The molecule has 5 nitrogen and oxygen atoms in total. The number of amides is 2. The Balaban J connectivity index is 1.58. The first-order chi connectivity index (χ1) is 14.1. The van der Waals surface area contributed by atoms with E-state index in [1.807, 2.05) is 38.1 Å². The number of carbonyl (C=O) groups excluding carboxylic acids is 2. The van der Waals surface area contributed by atoms with Crippen LogP contribution in [0, 0.1) is 5.92 Å². The maximum absolute atomic E-state index is 12.9. The van der Waals surface area contributed by atoms with Gasteiger partial charge in [-0.25, -0.2) is 0 Å². The molecular formula is C24H31N3O2. The predicted molar refractivity (Wildman–Crippen MR) is 117 cm³/mol. The third-order valence-corrected chi connectivity index (χ3v) is 5.67. The highest BCUT2D eigenvalue weighted by molar-refractivity contribution is 6.04. The second kappa shape index (κ2) is 10.2. The lowest BCUT2D eigenvalue weighted by atomic mass is 9.95. The van der Waals surface area contributed by atoms with Crippen molar-refractivity contribution in [2.75, 3.05) is 31.5 Å². The molecule has 2 amide bonds. The number of hydrogen-bond acceptors (Lipinski definition) is 3. The van der Waals surface area contributed by atoms with Crippen molar-refractivity contribution in [3.8, 4) is 0 Å². The number of benzene rings is 2. The fraction of sp³-hybridized carbons (Fsp3) is 0.417. The molecule has 1 aliphatic rings. The third-order valence-electron chi connectivity index (χ3n) is 5.67. The van der Waals surface area contributed by atoms with Crippen LogP contribution in [-0.2, 0) is 11.3 Å². The van der Waals surface area contributed by atoms with Crippen LogP contribution in [0.5, 0.6) is 0 Å². The van der Waals surface area contributed by atoms with Crippen molar-refractivity contribution >= 4 is 17.5 Å². The first-order valence-corrected chi connectivity index (χ1v) is 10.6. The summed E-state index contributed by atoms with van der Waals surface area (Å²) in [5, 5.41) is 3.02. The van der Waals surface area contributed by atoms with Crippen LogP contribution in [0.3, 0.4) is 0 Å². The molecule has 1 heterocycles. The molecule has 29 heavy (non-hydrogen) atoms. The van der Waals surface area contributed by atoms with Crippen molar-refractivity contribution < 1.29 is 9.59 Å². The molecule has 0 spiro atoms. The Kier molecular flexibility index (Phi) is 7.42. The fourth-order valence-corrected chi connectivity index (χ4v) is 3.89. The van der Waals surface area contributed by atoms with E-state index >= 15 is 0 Å². The van der Waals surface area contributed by atoms with Crippen LogP contribution in [0.25, 0.3) is 0 Å². The molecule has 1 aliphatic heterocycles. The minimum Gasteiger partial charge on any atom is -0.339 e. The summed E-state index contributed by atoms with van der Waals surface area (Å²) >= 11 is 0. The summed E-state index contributed by atoms with van der Waals surface area (Å²) in [6.45, 7) is 7.98.